The largest absolute Gasteiger partial charge is 0.322 e. The summed E-state index contributed by atoms with van der Waals surface area (Å²) in [5.41, 5.74) is 1.65. The number of amides is 2. The smallest absolute Gasteiger partial charge is 0.256 e. The number of nitrogens with one attached hydrogen (secondary N) is 2. The molecular weight excluding hydrogens is 428 g/mol. The van der Waals surface area contributed by atoms with Crippen LogP contribution in [0.5, 0.6) is 0 Å². The van der Waals surface area contributed by atoms with Gasteiger partial charge in [0.2, 0.25) is 0 Å². The van der Waals surface area contributed by atoms with E-state index in [1.54, 1.807) is 72.8 Å². The van der Waals surface area contributed by atoms with E-state index in [2.05, 4.69) is 10.6 Å². The number of ketones is 2. The summed E-state index contributed by atoms with van der Waals surface area (Å²) < 4.78 is 0. The fraction of sp³-hybridized carbons (Fsp3) is 0. The lowest BCUT2D eigenvalue weighted by Crippen LogP contribution is -2.27. The molecule has 0 aliphatic heterocycles. The second-order valence-electron chi connectivity index (χ2n) is 7.79. The Balaban J connectivity index is 1.63. The molecule has 1 aliphatic carbocycles. The molecule has 34 heavy (non-hydrogen) atoms. The Morgan fingerprint density at radius 2 is 1.03 bits per heavy atom. The van der Waals surface area contributed by atoms with E-state index in [4.69, 9.17) is 0 Å². The van der Waals surface area contributed by atoms with E-state index < -0.39 is 23.4 Å². The van der Waals surface area contributed by atoms with Crippen molar-refractivity contribution in [1.29, 1.82) is 0 Å². The first-order valence-corrected chi connectivity index (χ1v) is 10.6. The van der Waals surface area contributed by atoms with Crippen molar-refractivity contribution in [3.63, 3.8) is 0 Å². The lowest BCUT2D eigenvalue weighted by Gasteiger charge is -2.21. The van der Waals surface area contributed by atoms with Crippen LogP contribution in [0, 0.1) is 0 Å². The van der Waals surface area contributed by atoms with E-state index in [-0.39, 0.29) is 33.4 Å². The number of hydrogen-bond donors (Lipinski definition) is 2. The van der Waals surface area contributed by atoms with Crippen LogP contribution >= 0.6 is 0 Å². The topological polar surface area (TPSA) is 92.3 Å². The number of benzene rings is 4. The highest BCUT2D eigenvalue weighted by molar-refractivity contribution is 6.32. The Hall–Kier alpha value is -4.84. The van der Waals surface area contributed by atoms with Gasteiger partial charge in [-0.3, -0.25) is 19.2 Å². The lowest BCUT2D eigenvalue weighted by molar-refractivity contribution is 0.0968. The zero-order valence-electron chi connectivity index (χ0n) is 17.9. The Morgan fingerprint density at radius 3 is 1.62 bits per heavy atom. The number of fused-ring (bicyclic) bond motifs is 2. The molecule has 2 amide bonds. The molecule has 0 spiro atoms. The third kappa shape index (κ3) is 3.78. The summed E-state index contributed by atoms with van der Waals surface area (Å²) in [7, 11) is 0. The van der Waals surface area contributed by atoms with Crippen LogP contribution in [0.3, 0.4) is 0 Å². The summed E-state index contributed by atoms with van der Waals surface area (Å²) in [6, 6.07) is 26.8. The number of para-hydroxylation sites is 2. The summed E-state index contributed by atoms with van der Waals surface area (Å²) in [4.78, 5) is 53.0. The number of rotatable bonds is 4. The van der Waals surface area contributed by atoms with E-state index in [1.807, 2.05) is 12.1 Å². The van der Waals surface area contributed by atoms with Gasteiger partial charge in [0, 0.05) is 39.2 Å². The number of carbonyl (C=O) groups excluding carboxylic acids is 4. The summed E-state index contributed by atoms with van der Waals surface area (Å²) in [5.74, 6) is -1.93. The number of anilines is 2. The van der Waals surface area contributed by atoms with Gasteiger partial charge in [0.25, 0.3) is 11.8 Å². The van der Waals surface area contributed by atoms with Crippen LogP contribution in [0.2, 0.25) is 0 Å². The molecule has 0 bridgehead atoms. The predicted octanol–water partition coefficient (Wildman–Crippen LogP) is 4.97. The van der Waals surface area contributed by atoms with Crippen LogP contribution in [0.15, 0.2) is 97.1 Å². The zero-order chi connectivity index (χ0) is 23.7. The molecule has 4 aromatic carbocycles. The predicted molar refractivity (Wildman–Crippen MR) is 129 cm³/mol. The van der Waals surface area contributed by atoms with Crippen molar-refractivity contribution in [1.82, 2.24) is 0 Å². The molecule has 0 saturated heterocycles. The molecule has 6 nitrogen and oxygen atoms in total. The molecular formula is C28H18N2O4. The third-order valence-electron chi connectivity index (χ3n) is 5.60. The summed E-state index contributed by atoms with van der Waals surface area (Å²) in [6.45, 7) is 0. The van der Waals surface area contributed by atoms with Crippen LogP contribution in [0.1, 0.15) is 52.6 Å². The zero-order valence-corrected chi connectivity index (χ0v) is 17.9. The monoisotopic (exact) mass is 446 g/mol. The Morgan fingerprint density at radius 1 is 0.529 bits per heavy atom. The average molecular weight is 446 g/mol. The molecule has 0 fully saturated rings. The molecule has 5 rings (SSSR count). The first-order valence-electron chi connectivity index (χ1n) is 10.6. The minimum atomic E-state index is -0.586. The second kappa shape index (κ2) is 8.60. The number of carbonyl (C=O) groups is 4. The fourth-order valence-corrected chi connectivity index (χ4v) is 3.98. The molecule has 6 heteroatoms. The van der Waals surface area contributed by atoms with E-state index in [9.17, 15) is 19.2 Å². The molecule has 2 N–H and O–H groups in total. The highest BCUT2D eigenvalue weighted by Crippen LogP contribution is 2.31. The van der Waals surface area contributed by atoms with Gasteiger partial charge in [-0.15, -0.1) is 0 Å². The van der Waals surface area contributed by atoms with Crippen molar-refractivity contribution >= 4 is 34.8 Å². The van der Waals surface area contributed by atoms with Crippen molar-refractivity contribution in [2.45, 2.75) is 0 Å². The van der Waals surface area contributed by atoms with E-state index >= 15 is 0 Å². The minimum Gasteiger partial charge on any atom is -0.322 e. The lowest BCUT2D eigenvalue weighted by atomic mass is 9.80. The van der Waals surface area contributed by atoms with Gasteiger partial charge in [-0.2, -0.15) is 0 Å². The number of hydrogen-bond acceptors (Lipinski definition) is 4. The molecule has 164 valence electrons. The Labute approximate surface area is 195 Å². The van der Waals surface area contributed by atoms with Crippen molar-refractivity contribution in [2.75, 3.05) is 10.6 Å². The molecule has 0 saturated carbocycles. The van der Waals surface area contributed by atoms with Crippen molar-refractivity contribution < 1.29 is 19.2 Å². The average Bonchev–Trinajstić information content (AvgIpc) is 2.87. The van der Waals surface area contributed by atoms with E-state index in [0.29, 0.717) is 11.4 Å². The molecule has 0 heterocycles. The van der Waals surface area contributed by atoms with E-state index in [1.165, 1.54) is 12.1 Å². The molecule has 0 radical (unpaired) electrons. The molecule has 0 atom stereocenters. The molecule has 0 aromatic heterocycles. The van der Waals surface area contributed by atoms with Crippen LogP contribution in [-0.2, 0) is 0 Å². The van der Waals surface area contributed by atoms with Crippen LogP contribution in [0.4, 0.5) is 11.4 Å². The summed E-state index contributed by atoms with van der Waals surface area (Å²) in [5, 5.41) is 5.51. The van der Waals surface area contributed by atoms with Crippen molar-refractivity contribution in [3.8, 4) is 0 Å². The molecule has 1 aliphatic rings. The normalized spacial score (nSPS) is 11.9. The van der Waals surface area contributed by atoms with Gasteiger partial charge in [0.15, 0.2) is 11.6 Å². The standard InChI is InChI=1S/C28H18N2O4/c31-25-20-13-7-8-14-21(20)26(32)24-22(25)15-17(27(33)29-18-9-3-1-4-10-18)16-23(24)28(34)30-19-11-5-2-6-12-19/h1-16H,(H,29,33)(H,30,34). The molecule has 0 unspecified atom stereocenters. The first kappa shape index (κ1) is 21.0. The summed E-state index contributed by atoms with van der Waals surface area (Å²) in [6.07, 6.45) is 0. The van der Waals surface area contributed by atoms with Crippen LogP contribution in [0.25, 0.3) is 0 Å². The van der Waals surface area contributed by atoms with Gasteiger partial charge in [0.05, 0.1) is 5.56 Å². The van der Waals surface area contributed by atoms with Crippen LogP contribution < -0.4 is 10.6 Å². The Bertz CT molecular complexity index is 1460. The minimum absolute atomic E-state index is 0.00612. The Kier molecular flexibility index (Phi) is 5.32. The van der Waals surface area contributed by atoms with Gasteiger partial charge >= 0.3 is 0 Å². The van der Waals surface area contributed by atoms with Gasteiger partial charge in [-0.05, 0) is 36.4 Å². The fourth-order valence-electron chi connectivity index (χ4n) is 3.98. The maximum Gasteiger partial charge on any atom is 0.256 e. The van der Waals surface area contributed by atoms with Crippen molar-refractivity contribution in [2.24, 2.45) is 0 Å². The highest BCUT2D eigenvalue weighted by atomic mass is 16.2. The maximum absolute atomic E-state index is 13.4. The maximum atomic E-state index is 13.4. The second-order valence-corrected chi connectivity index (χ2v) is 7.79. The van der Waals surface area contributed by atoms with Gasteiger partial charge in [0.1, 0.15) is 0 Å². The van der Waals surface area contributed by atoms with E-state index in [0.717, 1.165) is 0 Å². The third-order valence-corrected chi connectivity index (χ3v) is 5.60. The van der Waals surface area contributed by atoms with Gasteiger partial charge in [-0.25, -0.2) is 0 Å². The van der Waals surface area contributed by atoms with Gasteiger partial charge < -0.3 is 10.6 Å². The summed E-state index contributed by atoms with van der Waals surface area (Å²) >= 11 is 0. The first-order chi connectivity index (χ1) is 16.5. The molecule has 4 aromatic rings. The van der Waals surface area contributed by atoms with Gasteiger partial charge in [-0.1, -0.05) is 60.7 Å². The highest BCUT2D eigenvalue weighted by Gasteiger charge is 2.34. The SMILES string of the molecule is O=C(Nc1ccccc1)c1cc(C(=O)Nc2ccccc2)c2c(c1)C(=O)c1ccccc1C2=O. The van der Waals surface area contributed by atoms with Crippen molar-refractivity contribution in [3.05, 3.63) is 130 Å². The quantitative estimate of drug-likeness (QED) is 0.408. The van der Waals surface area contributed by atoms with Crippen LogP contribution in [-0.4, -0.2) is 23.4 Å².